The van der Waals surface area contributed by atoms with Gasteiger partial charge in [-0.1, -0.05) is 15.9 Å². The van der Waals surface area contributed by atoms with Crippen molar-refractivity contribution in [3.8, 4) is 0 Å². The van der Waals surface area contributed by atoms with Crippen LogP contribution in [0.25, 0.3) is 0 Å². The molecule has 0 bridgehead atoms. The monoisotopic (exact) mass is 277 g/mol. The molecule has 0 radical (unpaired) electrons. The van der Waals surface area contributed by atoms with Gasteiger partial charge >= 0.3 is 0 Å². The molecule has 14 heavy (non-hydrogen) atoms. The zero-order chi connectivity index (χ0) is 10.6. The maximum Gasteiger partial charge on any atom is 0.127 e. The molecule has 78 valence electrons. The lowest BCUT2D eigenvalue weighted by atomic mass is 10.2. The molecule has 0 N–H and O–H groups in total. The van der Waals surface area contributed by atoms with Gasteiger partial charge in [-0.2, -0.15) is 12.6 Å². The Morgan fingerprint density at radius 2 is 2.21 bits per heavy atom. The zero-order valence-electron chi connectivity index (χ0n) is 8.00. The first-order valence-corrected chi connectivity index (χ1v) is 5.79. The zero-order valence-corrected chi connectivity index (χ0v) is 10.5. The maximum atomic E-state index is 13.3. The Kier molecular flexibility index (Phi) is 4.92. The van der Waals surface area contributed by atoms with Gasteiger partial charge in [0, 0.05) is 28.9 Å². The molecule has 0 aliphatic heterocycles. The highest BCUT2D eigenvalue weighted by atomic mass is 79.9. The number of hydrogen-bond donors (Lipinski definition) is 1. The first kappa shape index (κ1) is 12.0. The van der Waals surface area contributed by atoms with Gasteiger partial charge in [-0.15, -0.1) is 0 Å². The maximum absolute atomic E-state index is 13.3. The number of benzene rings is 1. The highest BCUT2D eigenvalue weighted by Crippen LogP contribution is 2.16. The summed E-state index contributed by atoms with van der Waals surface area (Å²) in [7, 11) is 1.95. The van der Waals surface area contributed by atoms with Crippen LogP contribution in [-0.2, 0) is 6.54 Å². The lowest BCUT2D eigenvalue weighted by Crippen LogP contribution is -2.20. The molecule has 0 fully saturated rings. The van der Waals surface area contributed by atoms with Gasteiger partial charge in [0.05, 0.1) is 0 Å². The molecule has 0 aromatic heterocycles. The third kappa shape index (κ3) is 3.59. The van der Waals surface area contributed by atoms with E-state index in [1.165, 1.54) is 6.07 Å². The van der Waals surface area contributed by atoms with Crippen molar-refractivity contribution in [2.45, 2.75) is 6.54 Å². The predicted octanol–water partition coefficient (Wildman–Crippen LogP) is 2.95. The van der Waals surface area contributed by atoms with Gasteiger partial charge in [-0.25, -0.2) is 4.39 Å². The second-order valence-corrected chi connectivity index (χ2v) is 4.56. The molecule has 0 amide bonds. The van der Waals surface area contributed by atoms with Crippen molar-refractivity contribution in [1.82, 2.24) is 4.90 Å². The van der Waals surface area contributed by atoms with Crippen LogP contribution in [-0.4, -0.2) is 24.2 Å². The SMILES string of the molecule is CN(CCS)Cc1cc(Br)ccc1F. The number of hydrogen-bond acceptors (Lipinski definition) is 2. The average molecular weight is 278 g/mol. The second-order valence-electron chi connectivity index (χ2n) is 3.20. The van der Waals surface area contributed by atoms with Gasteiger partial charge in [-0.3, -0.25) is 0 Å². The molecule has 1 aromatic rings. The van der Waals surface area contributed by atoms with Gasteiger partial charge in [0.25, 0.3) is 0 Å². The Hall–Kier alpha value is -0.0600. The Morgan fingerprint density at radius 1 is 1.50 bits per heavy atom. The molecule has 0 aliphatic rings. The number of nitrogens with zero attached hydrogens (tertiary/aromatic N) is 1. The highest BCUT2D eigenvalue weighted by Gasteiger charge is 2.05. The first-order valence-electron chi connectivity index (χ1n) is 4.37. The summed E-state index contributed by atoms with van der Waals surface area (Å²) in [6, 6.07) is 5.00. The lowest BCUT2D eigenvalue weighted by molar-refractivity contribution is 0.342. The molecule has 0 spiro atoms. The molecular weight excluding hydrogens is 265 g/mol. The Balaban J connectivity index is 2.70. The molecule has 1 rings (SSSR count). The van der Waals surface area contributed by atoms with Crippen LogP contribution in [0.4, 0.5) is 4.39 Å². The second kappa shape index (κ2) is 5.73. The van der Waals surface area contributed by atoms with E-state index in [1.807, 2.05) is 18.0 Å². The van der Waals surface area contributed by atoms with E-state index < -0.39 is 0 Å². The topological polar surface area (TPSA) is 3.24 Å². The number of halogens is 2. The number of thiol groups is 1. The van der Waals surface area contributed by atoms with Gasteiger partial charge in [-0.05, 0) is 25.2 Å². The van der Waals surface area contributed by atoms with E-state index in [0.717, 1.165) is 16.8 Å². The van der Waals surface area contributed by atoms with Crippen molar-refractivity contribution in [2.75, 3.05) is 19.3 Å². The molecular formula is C10H13BrFNS. The predicted molar refractivity (Wildman–Crippen MR) is 64.3 cm³/mol. The molecule has 0 saturated heterocycles. The molecule has 0 saturated carbocycles. The normalized spacial score (nSPS) is 10.9. The average Bonchev–Trinajstić information content (AvgIpc) is 2.12. The van der Waals surface area contributed by atoms with Crippen LogP contribution >= 0.6 is 28.6 Å². The molecule has 1 nitrogen and oxygen atoms in total. The summed E-state index contributed by atoms with van der Waals surface area (Å²) in [5.41, 5.74) is 0.712. The standard InChI is InChI=1S/C10H13BrFNS/c1-13(4-5-14)7-8-6-9(11)2-3-10(8)12/h2-3,6,14H,4-5,7H2,1H3. The third-order valence-corrected chi connectivity index (χ3v) is 2.62. The summed E-state index contributed by atoms with van der Waals surface area (Å²) >= 11 is 7.45. The fourth-order valence-corrected chi connectivity index (χ4v) is 1.95. The van der Waals surface area contributed by atoms with Crippen LogP contribution in [0.15, 0.2) is 22.7 Å². The van der Waals surface area contributed by atoms with Crippen LogP contribution in [0.1, 0.15) is 5.56 Å². The van der Waals surface area contributed by atoms with Gasteiger partial charge in [0.15, 0.2) is 0 Å². The Labute approximate surface area is 97.8 Å². The van der Waals surface area contributed by atoms with Crippen molar-refractivity contribution in [2.24, 2.45) is 0 Å². The van der Waals surface area contributed by atoms with Crippen LogP contribution in [0.3, 0.4) is 0 Å². The molecule has 1 aromatic carbocycles. The van der Waals surface area contributed by atoms with Gasteiger partial charge in [0.1, 0.15) is 5.82 Å². The minimum absolute atomic E-state index is 0.154. The molecule has 0 aliphatic carbocycles. The van der Waals surface area contributed by atoms with E-state index in [2.05, 4.69) is 28.6 Å². The van der Waals surface area contributed by atoms with Gasteiger partial charge in [0.2, 0.25) is 0 Å². The number of rotatable bonds is 4. The first-order chi connectivity index (χ1) is 6.63. The van der Waals surface area contributed by atoms with Crippen LogP contribution in [0.5, 0.6) is 0 Å². The van der Waals surface area contributed by atoms with Crippen LogP contribution in [0.2, 0.25) is 0 Å². The molecule has 0 heterocycles. The van der Waals surface area contributed by atoms with E-state index >= 15 is 0 Å². The van der Waals surface area contributed by atoms with Crippen molar-refractivity contribution in [1.29, 1.82) is 0 Å². The van der Waals surface area contributed by atoms with E-state index in [-0.39, 0.29) is 5.82 Å². The summed E-state index contributed by atoms with van der Waals surface area (Å²) < 4.78 is 14.2. The summed E-state index contributed by atoms with van der Waals surface area (Å²) in [5, 5.41) is 0. The Bertz CT molecular complexity index is 306. The quantitative estimate of drug-likeness (QED) is 0.829. The fraction of sp³-hybridized carbons (Fsp3) is 0.400. The summed E-state index contributed by atoms with van der Waals surface area (Å²) in [6.45, 7) is 1.47. The van der Waals surface area contributed by atoms with Crippen LogP contribution in [0, 0.1) is 5.82 Å². The van der Waals surface area contributed by atoms with Crippen molar-refractivity contribution in [3.63, 3.8) is 0 Å². The molecule has 4 heteroatoms. The van der Waals surface area contributed by atoms with E-state index in [1.54, 1.807) is 6.07 Å². The Morgan fingerprint density at radius 3 is 2.86 bits per heavy atom. The fourth-order valence-electron chi connectivity index (χ4n) is 1.21. The third-order valence-electron chi connectivity index (χ3n) is 1.93. The molecule has 0 unspecified atom stereocenters. The smallest absolute Gasteiger partial charge is 0.127 e. The van der Waals surface area contributed by atoms with Crippen molar-refractivity contribution < 1.29 is 4.39 Å². The van der Waals surface area contributed by atoms with Crippen LogP contribution < -0.4 is 0 Å². The van der Waals surface area contributed by atoms with E-state index in [9.17, 15) is 4.39 Å². The lowest BCUT2D eigenvalue weighted by Gasteiger charge is -2.15. The minimum atomic E-state index is -0.154. The van der Waals surface area contributed by atoms with Gasteiger partial charge < -0.3 is 4.90 Å². The van der Waals surface area contributed by atoms with E-state index in [4.69, 9.17) is 0 Å². The van der Waals surface area contributed by atoms with Crippen molar-refractivity contribution >= 4 is 28.6 Å². The van der Waals surface area contributed by atoms with E-state index in [0.29, 0.717) is 12.1 Å². The summed E-state index contributed by atoms with van der Waals surface area (Å²) in [6.07, 6.45) is 0. The van der Waals surface area contributed by atoms with Crippen molar-refractivity contribution in [3.05, 3.63) is 34.1 Å². The minimum Gasteiger partial charge on any atom is -0.301 e. The highest BCUT2D eigenvalue weighted by molar-refractivity contribution is 9.10. The summed E-state index contributed by atoms with van der Waals surface area (Å²) in [5.74, 6) is 0.630. The largest absolute Gasteiger partial charge is 0.301 e. The summed E-state index contributed by atoms with van der Waals surface area (Å²) in [4.78, 5) is 2.04. The molecule has 0 atom stereocenters.